The van der Waals surface area contributed by atoms with Gasteiger partial charge in [-0.05, 0) is 30.7 Å². The maximum atomic E-state index is 13.1. The molecule has 172 valence electrons. The van der Waals surface area contributed by atoms with Crippen molar-refractivity contribution < 1.29 is 14.3 Å². The molecule has 0 unspecified atom stereocenters. The Kier molecular flexibility index (Phi) is 6.23. The molecule has 2 aliphatic heterocycles. The highest BCUT2D eigenvalue weighted by Crippen LogP contribution is 2.44. The first-order chi connectivity index (χ1) is 16.0. The van der Waals surface area contributed by atoms with Crippen LogP contribution < -0.4 is 15.4 Å². The minimum absolute atomic E-state index is 0.0334. The molecule has 7 nitrogen and oxygen atoms in total. The SMILES string of the molecule is CC(=O)NCCc1cc2nccc(-c3cc(Cl)cc4c3O[C@@H](C(=O)N3CCNCC3)C4)c2s1. The summed E-state index contributed by atoms with van der Waals surface area (Å²) in [5.41, 5.74) is 3.73. The maximum Gasteiger partial charge on any atom is 0.264 e. The van der Waals surface area contributed by atoms with Gasteiger partial charge in [0.15, 0.2) is 6.10 Å². The number of aromatic nitrogens is 1. The largest absolute Gasteiger partial charge is 0.479 e. The number of thiophene rings is 1. The van der Waals surface area contributed by atoms with Gasteiger partial charge >= 0.3 is 0 Å². The minimum atomic E-state index is -0.524. The average molecular weight is 485 g/mol. The molecule has 3 aromatic rings. The molecule has 1 atom stereocenters. The Hall–Kier alpha value is -2.68. The van der Waals surface area contributed by atoms with E-state index < -0.39 is 6.10 Å². The molecule has 0 radical (unpaired) electrons. The Labute approximate surface area is 201 Å². The Balaban J connectivity index is 1.46. The van der Waals surface area contributed by atoms with E-state index in [-0.39, 0.29) is 11.8 Å². The number of nitrogens with one attached hydrogen (secondary N) is 2. The van der Waals surface area contributed by atoms with E-state index in [9.17, 15) is 9.59 Å². The fourth-order valence-electron chi connectivity index (χ4n) is 4.44. The van der Waals surface area contributed by atoms with Crippen molar-refractivity contribution in [2.45, 2.75) is 25.9 Å². The number of carbonyl (C=O) groups is 2. The van der Waals surface area contributed by atoms with E-state index in [1.54, 1.807) is 17.5 Å². The lowest BCUT2D eigenvalue weighted by atomic mass is 10.0. The van der Waals surface area contributed by atoms with Crippen molar-refractivity contribution >= 4 is 45.0 Å². The standard InChI is InChI=1S/C24H25ClN4O3S/c1-14(30)27-4-2-17-13-20-23(33-17)18(3-5-28-20)19-12-16(25)10-15-11-21(32-22(15)19)24(31)29-8-6-26-7-9-29/h3,5,10,12-13,21,26H,2,4,6-9,11H2,1H3,(H,27,30)/t21-/m1/s1. The van der Waals surface area contributed by atoms with E-state index in [1.807, 2.05) is 23.1 Å². The molecule has 2 aromatic heterocycles. The summed E-state index contributed by atoms with van der Waals surface area (Å²) < 4.78 is 7.32. The van der Waals surface area contributed by atoms with Crippen LogP contribution in [0.25, 0.3) is 21.3 Å². The molecule has 0 saturated carbocycles. The van der Waals surface area contributed by atoms with Crippen LogP contribution in [0.5, 0.6) is 5.75 Å². The number of fused-ring (bicyclic) bond motifs is 2. The summed E-state index contributed by atoms with van der Waals surface area (Å²) in [6, 6.07) is 7.84. The molecule has 2 amide bonds. The van der Waals surface area contributed by atoms with Crippen LogP contribution in [0.4, 0.5) is 0 Å². The van der Waals surface area contributed by atoms with E-state index >= 15 is 0 Å². The molecule has 9 heteroatoms. The van der Waals surface area contributed by atoms with Crippen LogP contribution in [0.15, 0.2) is 30.5 Å². The van der Waals surface area contributed by atoms with Gasteiger partial charge in [-0.15, -0.1) is 11.3 Å². The fraction of sp³-hybridized carbons (Fsp3) is 0.375. The third-order valence-corrected chi connectivity index (χ3v) is 7.43. The monoisotopic (exact) mass is 484 g/mol. The smallest absolute Gasteiger partial charge is 0.264 e. The van der Waals surface area contributed by atoms with E-state index in [2.05, 4.69) is 21.7 Å². The van der Waals surface area contributed by atoms with Crippen LogP contribution in [-0.4, -0.2) is 60.5 Å². The Morgan fingerprint density at radius 1 is 1.27 bits per heavy atom. The topological polar surface area (TPSA) is 83.6 Å². The molecule has 5 rings (SSSR count). The average Bonchev–Trinajstić information content (AvgIpc) is 3.42. The summed E-state index contributed by atoms with van der Waals surface area (Å²) in [5, 5.41) is 6.73. The predicted octanol–water partition coefficient (Wildman–Crippen LogP) is 3.03. The lowest BCUT2D eigenvalue weighted by molar-refractivity contribution is -0.138. The first-order valence-electron chi connectivity index (χ1n) is 11.1. The zero-order valence-corrected chi connectivity index (χ0v) is 19.9. The number of amides is 2. The van der Waals surface area contributed by atoms with Crippen LogP contribution in [0, 0.1) is 0 Å². The molecule has 1 saturated heterocycles. The molecule has 33 heavy (non-hydrogen) atoms. The van der Waals surface area contributed by atoms with Gasteiger partial charge in [-0.3, -0.25) is 14.6 Å². The van der Waals surface area contributed by atoms with Crippen LogP contribution in [0.1, 0.15) is 17.4 Å². The van der Waals surface area contributed by atoms with Crippen LogP contribution in [0.2, 0.25) is 5.02 Å². The highest BCUT2D eigenvalue weighted by molar-refractivity contribution is 7.19. The highest BCUT2D eigenvalue weighted by Gasteiger charge is 2.35. The lowest BCUT2D eigenvalue weighted by Crippen LogP contribution is -2.50. The van der Waals surface area contributed by atoms with Gasteiger partial charge in [0.1, 0.15) is 5.75 Å². The Morgan fingerprint density at radius 2 is 2.09 bits per heavy atom. The van der Waals surface area contributed by atoms with Crippen molar-refractivity contribution in [3.8, 4) is 16.9 Å². The van der Waals surface area contributed by atoms with Gasteiger partial charge < -0.3 is 20.3 Å². The van der Waals surface area contributed by atoms with E-state index in [1.165, 1.54) is 6.92 Å². The third-order valence-electron chi connectivity index (χ3n) is 6.00. The zero-order valence-electron chi connectivity index (χ0n) is 18.3. The summed E-state index contributed by atoms with van der Waals surface area (Å²) in [6.07, 6.45) is 2.52. The van der Waals surface area contributed by atoms with E-state index in [4.69, 9.17) is 16.3 Å². The molecule has 2 N–H and O–H groups in total. The number of benzene rings is 1. The lowest BCUT2D eigenvalue weighted by Gasteiger charge is -2.29. The molecule has 0 spiro atoms. The van der Waals surface area contributed by atoms with Gasteiger partial charge in [0.25, 0.3) is 5.91 Å². The van der Waals surface area contributed by atoms with Crippen LogP contribution in [0.3, 0.4) is 0 Å². The second-order valence-electron chi connectivity index (χ2n) is 8.35. The Bertz CT molecular complexity index is 1220. The molecular weight excluding hydrogens is 460 g/mol. The van der Waals surface area contributed by atoms with Crippen LogP contribution >= 0.6 is 22.9 Å². The number of hydrogen-bond acceptors (Lipinski definition) is 6. The number of rotatable bonds is 5. The molecule has 2 aliphatic rings. The number of halogens is 1. The predicted molar refractivity (Wildman–Crippen MR) is 130 cm³/mol. The van der Waals surface area contributed by atoms with Crippen LogP contribution in [-0.2, 0) is 22.4 Å². The van der Waals surface area contributed by atoms with Gasteiger partial charge in [0.2, 0.25) is 5.91 Å². The summed E-state index contributed by atoms with van der Waals surface area (Å²) in [4.78, 5) is 31.8. The first kappa shape index (κ1) is 22.1. The molecular formula is C24H25ClN4O3S. The minimum Gasteiger partial charge on any atom is -0.479 e. The van der Waals surface area contributed by atoms with Gasteiger partial charge in [-0.25, -0.2) is 0 Å². The number of ether oxygens (including phenoxy) is 1. The number of carbonyl (C=O) groups excluding carboxylic acids is 2. The van der Waals surface area contributed by atoms with Crippen molar-refractivity contribution in [1.82, 2.24) is 20.5 Å². The number of nitrogens with zero attached hydrogens (tertiary/aromatic N) is 2. The molecule has 0 aliphatic carbocycles. The van der Waals surface area contributed by atoms with Crippen molar-refractivity contribution in [2.75, 3.05) is 32.7 Å². The third kappa shape index (κ3) is 4.55. The van der Waals surface area contributed by atoms with Gasteiger partial charge in [-0.2, -0.15) is 0 Å². The molecule has 1 fully saturated rings. The summed E-state index contributed by atoms with van der Waals surface area (Å²) >= 11 is 8.15. The van der Waals surface area contributed by atoms with Gasteiger partial charge in [-0.1, -0.05) is 11.6 Å². The second-order valence-corrected chi connectivity index (χ2v) is 9.92. The fourth-order valence-corrected chi connectivity index (χ4v) is 5.82. The summed E-state index contributed by atoms with van der Waals surface area (Å²) in [7, 11) is 0. The summed E-state index contributed by atoms with van der Waals surface area (Å²) in [6.45, 7) is 5.11. The number of piperazine rings is 1. The quantitative estimate of drug-likeness (QED) is 0.581. The van der Waals surface area contributed by atoms with Crippen molar-refractivity contribution in [2.24, 2.45) is 0 Å². The maximum absolute atomic E-state index is 13.1. The number of hydrogen-bond donors (Lipinski definition) is 2. The number of pyridine rings is 1. The molecule has 0 bridgehead atoms. The first-order valence-corrected chi connectivity index (χ1v) is 12.3. The van der Waals surface area contributed by atoms with Crippen molar-refractivity contribution in [3.63, 3.8) is 0 Å². The summed E-state index contributed by atoms with van der Waals surface area (Å²) in [5.74, 6) is 0.728. The zero-order chi connectivity index (χ0) is 22.9. The van der Waals surface area contributed by atoms with Crippen molar-refractivity contribution in [3.05, 3.63) is 45.9 Å². The molecule has 4 heterocycles. The van der Waals surface area contributed by atoms with E-state index in [0.717, 1.165) is 57.0 Å². The normalized spacial score (nSPS) is 17.6. The van der Waals surface area contributed by atoms with E-state index in [0.29, 0.717) is 31.1 Å². The van der Waals surface area contributed by atoms with Gasteiger partial charge in [0, 0.05) is 78.9 Å². The second kappa shape index (κ2) is 9.29. The van der Waals surface area contributed by atoms with Crippen molar-refractivity contribution in [1.29, 1.82) is 0 Å². The highest BCUT2D eigenvalue weighted by atomic mass is 35.5. The van der Waals surface area contributed by atoms with Gasteiger partial charge in [0.05, 0.1) is 10.2 Å². The Morgan fingerprint density at radius 3 is 2.88 bits per heavy atom. The molecule has 1 aromatic carbocycles.